The molecule has 42 heavy (non-hydrogen) atoms. The number of rotatable bonds is 8. The van der Waals surface area contributed by atoms with E-state index < -0.39 is 16.9 Å². The van der Waals surface area contributed by atoms with Crippen molar-refractivity contribution in [1.29, 1.82) is 0 Å². The minimum Gasteiger partial charge on any atom is -0.491 e. The molecule has 5 rings (SSSR count). The van der Waals surface area contributed by atoms with Crippen LogP contribution in [-0.4, -0.2) is 28.2 Å². The molecule has 3 heterocycles. The summed E-state index contributed by atoms with van der Waals surface area (Å²) < 4.78 is 19.2. The second-order valence-corrected chi connectivity index (χ2v) is 11.0. The van der Waals surface area contributed by atoms with Crippen molar-refractivity contribution < 1.29 is 23.6 Å². The SMILES string of the molecule is CCOC(=O)C1=C(C)N=c2s/c(=C\c3ccc(-c4ccc(C)cc4[N+](=O)[O-])o3)c(=O)n2[C@H]1c1ccccc1OC(C)C. The van der Waals surface area contributed by atoms with Gasteiger partial charge in [-0.25, -0.2) is 9.79 Å². The lowest BCUT2D eigenvalue weighted by atomic mass is 9.95. The summed E-state index contributed by atoms with van der Waals surface area (Å²) in [6, 6.07) is 14.6. The number of nitrogens with zero attached hydrogens (tertiary/aromatic N) is 3. The second kappa shape index (κ2) is 11.6. The molecule has 0 aliphatic carbocycles. The highest BCUT2D eigenvalue weighted by Gasteiger charge is 2.35. The van der Waals surface area contributed by atoms with Gasteiger partial charge < -0.3 is 13.9 Å². The van der Waals surface area contributed by atoms with E-state index >= 15 is 0 Å². The van der Waals surface area contributed by atoms with Crippen LogP contribution >= 0.6 is 11.3 Å². The van der Waals surface area contributed by atoms with E-state index in [-0.39, 0.29) is 29.5 Å². The fraction of sp³-hybridized carbons (Fsp3) is 0.258. The molecule has 0 bridgehead atoms. The van der Waals surface area contributed by atoms with Crippen molar-refractivity contribution in [3.05, 3.63) is 113 Å². The molecule has 11 heteroatoms. The molecule has 0 N–H and O–H groups in total. The van der Waals surface area contributed by atoms with Crippen molar-refractivity contribution >= 4 is 29.1 Å². The Morgan fingerprint density at radius 1 is 1.19 bits per heavy atom. The molecule has 4 aromatic rings. The molecule has 10 nitrogen and oxygen atoms in total. The molecular weight excluding hydrogens is 558 g/mol. The predicted octanol–water partition coefficient (Wildman–Crippen LogP) is 5.06. The van der Waals surface area contributed by atoms with Gasteiger partial charge in [0.2, 0.25) is 0 Å². The van der Waals surface area contributed by atoms with Crippen LogP contribution in [0.25, 0.3) is 17.4 Å². The fourth-order valence-corrected chi connectivity index (χ4v) is 5.89. The summed E-state index contributed by atoms with van der Waals surface area (Å²) in [4.78, 5) is 43.4. The third kappa shape index (κ3) is 5.42. The summed E-state index contributed by atoms with van der Waals surface area (Å²) >= 11 is 1.15. The number of benzene rings is 2. The van der Waals surface area contributed by atoms with Crippen LogP contribution in [0, 0.1) is 17.0 Å². The molecule has 1 atom stereocenters. The normalized spacial score (nSPS) is 15.0. The average molecular weight is 588 g/mol. The molecule has 0 saturated carbocycles. The Bertz CT molecular complexity index is 1910. The first-order chi connectivity index (χ1) is 20.1. The first-order valence-electron chi connectivity index (χ1n) is 13.4. The van der Waals surface area contributed by atoms with E-state index in [0.717, 1.165) is 16.9 Å². The Balaban J connectivity index is 1.66. The number of hydrogen-bond donors (Lipinski definition) is 0. The molecule has 0 spiro atoms. The monoisotopic (exact) mass is 587 g/mol. The maximum absolute atomic E-state index is 14.0. The van der Waals surface area contributed by atoms with E-state index in [9.17, 15) is 19.7 Å². The summed E-state index contributed by atoms with van der Waals surface area (Å²) in [5.74, 6) is 0.622. The lowest BCUT2D eigenvalue weighted by Crippen LogP contribution is -2.40. The molecule has 1 aliphatic rings. The lowest BCUT2D eigenvalue weighted by molar-refractivity contribution is -0.384. The Morgan fingerprint density at radius 2 is 1.95 bits per heavy atom. The van der Waals surface area contributed by atoms with Gasteiger partial charge in [-0.15, -0.1) is 0 Å². The molecule has 0 radical (unpaired) electrons. The Labute approximate surface area is 245 Å². The van der Waals surface area contributed by atoms with Crippen LogP contribution in [-0.2, 0) is 9.53 Å². The molecule has 1 aliphatic heterocycles. The number of carbonyl (C=O) groups excluding carboxylic acids is 1. The molecular formula is C31H29N3O7S. The van der Waals surface area contributed by atoms with Crippen LogP contribution in [0.2, 0.25) is 0 Å². The number of nitro benzene ring substituents is 1. The number of hydrogen-bond acceptors (Lipinski definition) is 9. The molecule has 2 aromatic heterocycles. The second-order valence-electron chi connectivity index (χ2n) is 9.99. The van der Waals surface area contributed by atoms with Gasteiger partial charge in [0, 0.05) is 17.7 Å². The predicted molar refractivity (Wildman–Crippen MR) is 158 cm³/mol. The smallest absolute Gasteiger partial charge is 0.338 e. The molecule has 0 fully saturated rings. The first-order valence-corrected chi connectivity index (χ1v) is 14.2. The van der Waals surface area contributed by atoms with Crippen molar-refractivity contribution in [3.8, 4) is 17.1 Å². The van der Waals surface area contributed by atoms with Gasteiger partial charge in [-0.2, -0.15) is 0 Å². The first kappa shape index (κ1) is 28.7. The number of thiazole rings is 1. The lowest BCUT2D eigenvalue weighted by Gasteiger charge is -2.26. The van der Waals surface area contributed by atoms with Crippen molar-refractivity contribution in [2.75, 3.05) is 6.61 Å². The number of furan rings is 1. The van der Waals surface area contributed by atoms with Gasteiger partial charge >= 0.3 is 5.97 Å². The largest absolute Gasteiger partial charge is 0.491 e. The highest BCUT2D eigenvalue weighted by molar-refractivity contribution is 7.07. The number of aromatic nitrogens is 1. The number of aryl methyl sites for hydroxylation is 1. The number of allylic oxidation sites excluding steroid dienone is 1. The van der Waals surface area contributed by atoms with E-state index in [4.69, 9.17) is 13.9 Å². The van der Waals surface area contributed by atoms with Crippen LogP contribution in [0.15, 0.2) is 80.1 Å². The zero-order valence-electron chi connectivity index (χ0n) is 23.7. The standard InChI is InChI=1S/C31H29N3O7S/c1-6-39-30(36)27-19(5)32-31-33(28(27)22-9-7-8-10-24(22)40-17(2)3)29(35)26(42-31)16-20-12-14-25(41-20)21-13-11-18(4)15-23(21)34(37)38/h7-17,28H,6H2,1-5H3/b26-16-/t28-/m0/s1. The van der Waals surface area contributed by atoms with Crippen molar-refractivity contribution in [1.82, 2.24) is 4.57 Å². The zero-order valence-corrected chi connectivity index (χ0v) is 24.6. The van der Waals surface area contributed by atoms with E-state index in [0.29, 0.717) is 43.4 Å². The van der Waals surface area contributed by atoms with Gasteiger partial charge in [0.1, 0.15) is 23.3 Å². The summed E-state index contributed by atoms with van der Waals surface area (Å²) in [5, 5.41) is 11.6. The fourth-order valence-electron chi connectivity index (χ4n) is 4.86. The van der Waals surface area contributed by atoms with E-state index in [1.165, 1.54) is 10.6 Å². The van der Waals surface area contributed by atoms with Gasteiger partial charge in [0.15, 0.2) is 4.80 Å². The maximum atomic E-state index is 14.0. The third-order valence-corrected chi connectivity index (χ3v) is 7.59. The van der Waals surface area contributed by atoms with Crippen LogP contribution in [0.1, 0.15) is 50.6 Å². The Hall–Kier alpha value is -4.77. The maximum Gasteiger partial charge on any atom is 0.338 e. The number of para-hydroxylation sites is 1. The summed E-state index contributed by atoms with van der Waals surface area (Å²) in [7, 11) is 0. The summed E-state index contributed by atoms with van der Waals surface area (Å²) in [5.41, 5.74) is 1.97. The molecule has 0 amide bonds. The van der Waals surface area contributed by atoms with Crippen LogP contribution in [0.3, 0.4) is 0 Å². The minimum absolute atomic E-state index is 0.0699. The van der Waals surface area contributed by atoms with Gasteiger partial charge in [-0.05, 0) is 64.4 Å². The van der Waals surface area contributed by atoms with Gasteiger partial charge in [-0.1, -0.05) is 35.6 Å². The topological polar surface area (TPSA) is 126 Å². The van der Waals surface area contributed by atoms with Crippen molar-refractivity contribution in [2.24, 2.45) is 4.99 Å². The molecule has 0 saturated heterocycles. The van der Waals surface area contributed by atoms with Gasteiger partial charge in [0.25, 0.3) is 11.2 Å². The highest BCUT2D eigenvalue weighted by Crippen LogP contribution is 2.36. The highest BCUT2D eigenvalue weighted by atomic mass is 32.1. The average Bonchev–Trinajstić information content (AvgIpc) is 3.52. The van der Waals surface area contributed by atoms with Crippen LogP contribution < -0.4 is 19.6 Å². The summed E-state index contributed by atoms with van der Waals surface area (Å²) in [6.45, 7) is 9.18. The number of ether oxygens (including phenoxy) is 2. The van der Waals surface area contributed by atoms with Crippen molar-refractivity contribution in [3.63, 3.8) is 0 Å². The van der Waals surface area contributed by atoms with E-state index in [1.54, 1.807) is 57.2 Å². The van der Waals surface area contributed by atoms with Crippen LogP contribution in [0.4, 0.5) is 5.69 Å². The molecule has 0 unspecified atom stereocenters. The summed E-state index contributed by atoms with van der Waals surface area (Å²) in [6.07, 6.45) is 1.43. The number of fused-ring (bicyclic) bond motifs is 1. The number of nitro groups is 1. The van der Waals surface area contributed by atoms with E-state index in [2.05, 4.69) is 4.99 Å². The number of carbonyl (C=O) groups is 1. The van der Waals surface area contributed by atoms with E-state index in [1.807, 2.05) is 32.0 Å². The van der Waals surface area contributed by atoms with Crippen LogP contribution in [0.5, 0.6) is 5.75 Å². The third-order valence-electron chi connectivity index (χ3n) is 6.61. The van der Waals surface area contributed by atoms with Gasteiger partial charge in [-0.3, -0.25) is 19.5 Å². The minimum atomic E-state index is -0.834. The number of esters is 1. The quantitative estimate of drug-likeness (QED) is 0.160. The Morgan fingerprint density at radius 3 is 2.67 bits per heavy atom. The van der Waals surface area contributed by atoms with Gasteiger partial charge in [0.05, 0.1) is 39.0 Å². The Kier molecular flexibility index (Phi) is 7.95. The zero-order chi connectivity index (χ0) is 30.1. The molecule has 2 aromatic carbocycles. The molecule has 216 valence electrons. The van der Waals surface area contributed by atoms with Crippen molar-refractivity contribution in [2.45, 2.75) is 46.8 Å².